The number of hydrogen-bond donors (Lipinski definition) is 2. The molecule has 0 radical (unpaired) electrons. The average molecular weight is 446 g/mol. The van der Waals surface area contributed by atoms with Crippen LogP contribution in [0.25, 0.3) is 11.3 Å². The van der Waals surface area contributed by atoms with Crippen LogP contribution in [0.4, 0.5) is 0 Å². The van der Waals surface area contributed by atoms with E-state index >= 15 is 0 Å². The molecular weight excluding hydrogens is 422 g/mol. The first-order valence-corrected chi connectivity index (χ1v) is 9.36. The van der Waals surface area contributed by atoms with Gasteiger partial charge in [0.1, 0.15) is 11.5 Å². The van der Waals surface area contributed by atoms with Gasteiger partial charge in [0.15, 0.2) is 0 Å². The average Bonchev–Trinajstić information content (AvgIpc) is 3.27. The molecule has 0 fully saturated rings. The van der Waals surface area contributed by atoms with Crippen LogP contribution < -0.4 is 5.32 Å². The van der Waals surface area contributed by atoms with Gasteiger partial charge in [0.2, 0.25) is 0 Å². The van der Waals surface area contributed by atoms with Crippen LogP contribution in [0.15, 0.2) is 65.1 Å². The number of aliphatic hydroxyl groups is 1. The summed E-state index contributed by atoms with van der Waals surface area (Å²) in [5.74, 6) is 0.00960. The summed E-state index contributed by atoms with van der Waals surface area (Å²) in [5.41, 5.74) is 1.82. The molecule has 0 spiro atoms. The Morgan fingerprint density at radius 2 is 1.58 bits per heavy atom. The Hall–Kier alpha value is -3.13. The zero-order valence-electron chi connectivity index (χ0n) is 17.2. The highest BCUT2D eigenvalue weighted by Gasteiger charge is 2.16. The quantitative estimate of drug-likeness (QED) is 0.509. The third kappa shape index (κ3) is 6.18. The predicted molar refractivity (Wildman–Crippen MR) is 117 cm³/mol. The van der Waals surface area contributed by atoms with E-state index in [2.05, 4.69) is 5.32 Å². The molecular formula is C23H24ClNO6. The molecule has 0 aliphatic carbocycles. The zero-order chi connectivity index (χ0) is 21.5. The number of esters is 2. The molecule has 1 atom stereocenters. The Morgan fingerprint density at radius 1 is 0.968 bits per heavy atom. The summed E-state index contributed by atoms with van der Waals surface area (Å²) in [5, 5.41) is 13.4. The molecule has 8 heteroatoms. The van der Waals surface area contributed by atoms with E-state index in [1.54, 1.807) is 24.3 Å². The number of methoxy groups -OCH3 is 2. The van der Waals surface area contributed by atoms with Crippen molar-refractivity contribution in [3.63, 3.8) is 0 Å². The van der Waals surface area contributed by atoms with Crippen LogP contribution in [0.2, 0.25) is 0 Å². The fraction of sp³-hybridized carbons (Fsp3) is 0.217. The van der Waals surface area contributed by atoms with E-state index in [0.29, 0.717) is 30.2 Å². The van der Waals surface area contributed by atoms with Gasteiger partial charge in [-0.25, -0.2) is 9.59 Å². The first-order valence-electron chi connectivity index (χ1n) is 9.36. The predicted octanol–water partition coefficient (Wildman–Crippen LogP) is 3.76. The minimum atomic E-state index is -0.625. The normalized spacial score (nSPS) is 11.3. The van der Waals surface area contributed by atoms with E-state index in [9.17, 15) is 14.7 Å². The topological polar surface area (TPSA) is 98.0 Å². The van der Waals surface area contributed by atoms with E-state index in [0.717, 1.165) is 5.56 Å². The van der Waals surface area contributed by atoms with Gasteiger partial charge in [0.25, 0.3) is 0 Å². The SMILES string of the molecule is COC(=O)c1cc(C(=O)OC)cc(-c2ccc(CNCC(O)c3ccccc3)o2)c1.Cl. The molecule has 0 bridgehead atoms. The van der Waals surface area contributed by atoms with Crippen LogP contribution in [-0.4, -0.2) is 37.8 Å². The molecule has 1 aromatic heterocycles. The monoisotopic (exact) mass is 445 g/mol. The molecule has 1 unspecified atom stereocenters. The Balaban J connectivity index is 0.00000341. The van der Waals surface area contributed by atoms with Crippen molar-refractivity contribution in [2.45, 2.75) is 12.6 Å². The van der Waals surface area contributed by atoms with E-state index in [4.69, 9.17) is 13.9 Å². The van der Waals surface area contributed by atoms with Gasteiger partial charge in [-0.15, -0.1) is 12.4 Å². The van der Waals surface area contributed by atoms with Crippen LogP contribution >= 0.6 is 12.4 Å². The molecule has 1 heterocycles. The number of carbonyl (C=O) groups is 2. The highest BCUT2D eigenvalue weighted by Crippen LogP contribution is 2.26. The lowest BCUT2D eigenvalue weighted by Crippen LogP contribution is -2.20. The Kier molecular flexibility index (Phi) is 8.81. The van der Waals surface area contributed by atoms with Gasteiger partial charge in [-0.1, -0.05) is 30.3 Å². The van der Waals surface area contributed by atoms with Gasteiger partial charge in [0.05, 0.1) is 38.0 Å². The summed E-state index contributed by atoms with van der Waals surface area (Å²) < 4.78 is 15.4. The number of aliphatic hydroxyl groups excluding tert-OH is 1. The third-order valence-electron chi connectivity index (χ3n) is 4.54. The van der Waals surface area contributed by atoms with Gasteiger partial charge in [-0.05, 0) is 35.9 Å². The number of rotatable bonds is 8. The van der Waals surface area contributed by atoms with Crippen LogP contribution in [0, 0.1) is 0 Å². The standard InChI is InChI=1S/C23H23NO6.ClH/c1-28-22(26)17-10-16(11-18(12-17)23(27)29-2)21-9-8-19(30-21)13-24-14-20(25)15-6-4-3-5-7-15;/h3-12,20,24-25H,13-14H2,1-2H3;1H. The maximum Gasteiger partial charge on any atom is 0.337 e. The van der Waals surface area contributed by atoms with Gasteiger partial charge in [-0.3, -0.25) is 0 Å². The minimum Gasteiger partial charge on any atom is -0.465 e. The van der Waals surface area contributed by atoms with Crippen LogP contribution in [0.3, 0.4) is 0 Å². The van der Waals surface area contributed by atoms with E-state index in [-0.39, 0.29) is 23.5 Å². The molecule has 0 aliphatic rings. The van der Waals surface area contributed by atoms with Crippen LogP contribution in [-0.2, 0) is 16.0 Å². The Labute approximate surface area is 186 Å². The fourth-order valence-corrected chi connectivity index (χ4v) is 2.99. The number of carbonyl (C=O) groups excluding carboxylic acids is 2. The number of hydrogen-bond acceptors (Lipinski definition) is 7. The highest BCUT2D eigenvalue weighted by atomic mass is 35.5. The van der Waals surface area contributed by atoms with Crippen molar-refractivity contribution >= 4 is 24.3 Å². The number of benzene rings is 2. The second kappa shape index (κ2) is 11.3. The summed E-state index contributed by atoms with van der Waals surface area (Å²) >= 11 is 0. The summed E-state index contributed by atoms with van der Waals surface area (Å²) in [6.45, 7) is 0.773. The molecule has 2 N–H and O–H groups in total. The molecule has 3 rings (SSSR count). The van der Waals surface area contributed by atoms with Crippen molar-refractivity contribution in [3.05, 3.63) is 83.1 Å². The maximum atomic E-state index is 11.9. The van der Waals surface area contributed by atoms with E-state index in [1.165, 1.54) is 20.3 Å². The largest absolute Gasteiger partial charge is 0.465 e. The van der Waals surface area contributed by atoms with Crippen molar-refractivity contribution in [2.75, 3.05) is 20.8 Å². The summed E-state index contributed by atoms with van der Waals surface area (Å²) in [6.07, 6.45) is -0.625. The first kappa shape index (κ1) is 24.1. The van der Waals surface area contributed by atoms with Crippen molar-refractivity contribution in [2.24, 2.45) is 0 Å². The van der Waals surface area contributed by atoms with E-state index in [1.807, 2.05) is 30.3 Å². The number of ether oxygens (including phenoxy) is 2. The summed E-state index contributed by atoms with van der Waals surface area (Å²) in [4.78, 5) is 23.9. The molecule has 2 aromatic carbocycles. The molecule has 3 aromatic rings. The molecule has 31 heavy (non-hydrogen) atoms. The highest BCUT2D eigenvalue weighted by molar-refractivity contribution is 5.97. The van der Waals surface area contributed by atoms with Gasteiger partial charge < -0.3 is 24.3 Å². The number of halogens is 1. The van der Waals surface area contributed by atoms with Crippen molar-refractivity contribution < 1.29 is 28.6 Å². The molecule has 0 amide bonds. The lowest BCUT2D eigenvalue weighted by molar-refractivity contribution is 0.0599. The molecule has 0 saturated heterocycles. The molecule has 0 saturated carbocycles. The second-order valence-electron chi connectivity index (χ2n) is 6.61. The summed E-state index contributed by atoms with van der Waals surface area (Å²) in [6, 6.07) is 17.5. The van der Waals surface area contributed by atoms with E-state index < -0.39 is 18.0 Å². The lowest BCUT2D eigenvalue weighted by atomic mass is 10.0. The van der Waals surface area contributed by atoms with Crippen molar-refractivity contribution in [3.8, 4) is 11.3 Å². The fourth-order valence-electron chi connectivity index (χ4n) is 2.99. The smallest absolute Gasteiger partial charge is 0.337 e. The number of furan rings is 1. The maximum absolute atomic E-state index is 11.9. The van der Waals surface area contributed by atoms with Crippen molar-refractivity contribution in [1.29, 1.82) is 0 Å². The first-order chi connectivity index (χ1) is 14.5. The zero-order valence-corrected chi connectivity index (χ0v) is 18.0. The van der Waals surface area contributed by atoms with Crippen LogP contribution in [0.5, 0.6) is 0 Å². The van der Waals surface area contributed by atoms with Gasteiger partial charge in [0, 0.05) is 12.1 Å². The molecule has 0 aliphatic heterocycles. The van der Waals surface area contributed by atoms with Crippen molar-refractivity contribution in [1.82, 2.24) is 5.32 Å². The molecule has 7 nitrogen and oxygen atoms in total. The summed E-state index contributed by atoms with van der Waals surface area (Å²) in [7, 11) is 2.54. The Morgan fingerprint density at radius 3 is 2.16 bits per heavy atom. The van der Waals surface area contributed by atoms with Crippen LogP contribution in [0.1, 0.15) is 38.1 Å². The van der Waals surface area contributed by atoms with Gasteiger partial charge in [-0.2, -0.15) is 0 Å². The third-order valence-corrected chi connectivity index (χ3v) is 4.54. The number of nitrogens with one attached hydrogen (secondary N) is 1. The Bertz CT molecular complexity index is 984. The minimum absolute atomic E-state index is 0. The second-order valence-corrected chi connectivity index (χ2v) is 6.61. The van der Waals surface area contributed by atoms with Gasteiger partial charge >= 0.3 is 11.9 Å². The lowest BCUT2D eigenvalue weighted by Gasteiger charge is -2.11. The molecule has 164 valence electrons.